The molecule has 0 aromatic heterocycles. The molecule has 0 saturated carbocycles. The van der Waals surface area contributed by atoms with Crippen LogP contribution in [0.1, 0.15) is 5.56 Å². The molecule has 2 rings (SSSR count). The van der Waals surface area contributed by atoms with Gasteiger partial charge in [-0.05, 0) is 29.8 Å². The number of hydrogen-bond acceptors (Lipinski definition) is 10. The summed E-state index contributed by atoms with van der Waals surface area (Å²) in [5.74, 6) is -3.88. The van der Waals surface area contributed by atoms with E-state index in [9.17, 15) is 57.6 Å². The Morgan fingerprint density at radius 3 is 1.86 bits per heavy atom. The number of benzene rings is 2. The zero-order valence-corrected chi connectivity index (χ0v) is 23.1. The van der Waals surface area contributed by atoms with E-state index in [0.717, 1.165) is 42.5 Å². The van der Waals surface area contributed by atoms with Crippen molar-refractivity contribution in [1.29, 1.82) is 0 Å². The van der Waals surface area contributed by atoms with Crippen LogP contribution in [0.25, 0.3) is 0 Å². The van der Waals surface area contributed by atoms with Crippen LogP contribution < -0.4 is 24.3 Å². The van der Waals surface area contributed by atoms with Gasteiger partial charge in [-0.15, -0.1) is 0 Å². The van der Waals surface area contributed by atoms with E-state index in [0.29, 0.717) is 0 Å². The minimum absolute atomic E-state index is 0.167. The van der Waals surface area contributed by atoms with Crippen molar-refractivity contribution in [1.82, 2.24) is 10.6 Å². The Bertz CT molecular complexity index is 1530. The number of nitrogens with one attached hydrogen (secondary N) is 3. The van der Waals surface area contributed by atoms with Crippen LogP contribution in [-0.2, 0) is 45.8 Å². The Labute approximate surface area is 239 Å². The highest BCUT2D eigenvalue weighted by Gasteiger charge is 2.49. The fourth-order valence-electron chi connectivity index (χ4n) is 2.94. The molecule has 21 heteroatoms. The van der Waals surface area contributed by atoms with E-state index in [4.69, 9.17) is 4.74 Å². The topological polar surface area (TPSA) is 183 Å². The maximum atomic E-state index is 12.5. The summed E-state index contributed by atoms with van der Waals surface area (Å²) in [6, 6.07) is 6.84. The summed E-state index contributed by atoms with van der Waals surface area (Å²) in [7, 11) is -10.6. The molecule has 13 nitrogen and oxygen atoms in total. The summed E-state index contributed by atoms with van der Waals surface area (Å²) in [5.41, 5.74) is -11.2. The van der Waals surface area contributed by atoms with E-state index >= 15 is 0 Å². The predicted molar refractivity (Wildman–Crippen MR) is 133 cm³/mol. The molecule has 0 radical (unpaired) electrons. The van der Waals surface area contributed by atoms with Gasteiger partial charge in [0.1, 0.15) is 30.8 Å². The average Bonchev–Trinajstić information content (AvgIpc) is 2.87. The summed E-state index contributed by atoms with van der Waals surface area (Å²) in [5, 5.41) is 6.77. The summed E-state index contributed by atoms with van der Waals surface area (Å²) in [4.78, 5) is 36.5. The molecule has 0 aliphatic carbocycles. The first-order valence-corrected chi connectivity index (χ1v) is 14.1. The van der Waals surface area contributed by atoms with Gasteiger partial charge in [-0.1, -0.05) is 18.2 Å². The Morgan fingerprint density at radius 1 is 0.791 bits per heavy atom. The summed E-state index contributed by atoms with van der Waals surface area (Å²) >= 11 is 0. The summed E-state index contributed by atoms with van der Waals surface area (Å²) in [6.07, 6.45) is -0.208. The number of alkyl halides is 6. The number of halogens is 6. The van der Waals surface area contributed by atoms with Crippen molar-refractivity contribution in [3.63, 3.8) is 0 Å². The number of rotatable bonds is 13. The molecular weight excluding hydrogens is 644 g/mol. The Balaban J connectivity index is 1.91. The van der Waals surface area contributed by atoms with Gasteiger partial charge in [0.15, 0.2) is 0 Å². The average molecular weight is 666 g/mol. The molecule has 0 bridgehead atoms. The molecule has 2 aromatic carbocycles. The van der Waals surface area contributed by atoms with Gasteiger partial charge in [0.25, 0.3) is 0 Å². The maximum absolute atomic E-state index is 12.5. The van der Waals surface area contributed by atoms with Crippen LogP contribution in [0.15, 0.2) is 48.5 Å². The minimum Gasteiger partial charge on any atom is -0.376 e. The summed E-state index contributed by atoms with van der Waals surface area (Å²) < 4.78 is 132. The molecule has 2 aromatic rings. The Kier molecular flexibility index (Phi) is 11.3. The van der Waals surface area contributed by atoms with E-state index in [-0.39, 0.29) is 17.7 Å². The molecule has 1 unspecified atom stereocenters. The molecule has 0 fully saturated rings. The normalized spacial score (nSPS) is 13.0. The number of ether oxygens (including phenoxy) is 1. The molecule has 3 N–H and O–H groups in total. The fraction of sp³-hybridized carbons (Fsp3) is 0.318. The van der Waals surface area contributed by atoms with Gasteiger partial charge in [-0.3, -0.25) is 14.4 Å². The predicted octanol–water partition coefficient (Wildman–Crippen LogP) is 1.57. The van der Waals surface area contributed by atoms with Crippen LogP contribution >= 0.6 is 0 Å². The van der Waals surface area contributed by atoms with Crippen molar-refractivity contribution in [2.75, 3.05) is 25.6 Å². The third-order valence-corrected chi connectivity index (χ3v) is 6.78. The zero-order chi connectivity index (χ0) is 32.6. The summed E-state index contributed by atoms with van der Waals surface area (Å²) in [6.45, 7) is -1.51. The van der Waals surface area contributed by atoms with Crippen molar-refractivity contribution in [3.05, 3.63) is 54.1 Å². The highest BCUT2D eigenvalue weighted by molar-refractivity contribution is 7.88. The van der Waals surface area contributed by atoms with Crippen molar-refractivity contribution in [3.8, 4) is 11.5 Å². The van der Waals surface area contributed by atoms with E-state index < -0.39 is 79.7 Å². The highest BCUT2D eigenvalue weighted by atomic mass is 32.2. The molecule has 0 heterocycles. The minimum atomic E-state index is -5.95. The van der Waals surface area contributed by atoms with Gasteiger partial charge in [-0.2, -0.15) is 43.2 Å². The van der Waals surface area contributed by atoms with Crippen molar-refractivity contribution < 1.29 is 70.7 Å². The van der Waals surface area contributed by atoms with E-state index in [2.05, 4.69) is 24.3 Å². The Hall–Kier alpha value is -4.11. The molecule has 3 amide bonds. The molecule has 0 aliphatic heterocycles. The molecule has 0 aliphatic rings. The third-order valence-electron chi connectivity index (χ3n) is 4.82. The number of carbonyl (C=O) groups excluding carboxylic acids is 3. The number of carbonyl (C=O) groups is 3. The van der Waals surface area contributed by atoms with Crippen molar-refractivity contribution in [2.45, 2.75) is 23.5 Å². The SMILES string of the molecule is CNC(=O)C(Cc1ccc(OS(=O)(=O)C(F)(F)F)cc1)NC(=O)COCC(=O)Nc1cccc(OS(=O)(=O)C(F)(F)F)c1. The standard InChI is InChI=1S/C22H21F6N3O10S2/c1-29-20(34)17(9-13-5-7-15(8-6-13)40-42(35,36)21(23,24)25)31-19(33)12-39-11-18(32)30-14-3-2-4-16(10-14)41-43(37,38)22(26,27)28/h2-8,10,17H,9,11-12H2,1H3,(H,29,34)(H,30,32)(H,31,33). The van der Waals surface area contributed by atoms with Crippen LogP contribution in [0.5, 0.6) is 11.5 Å². The van der Waals surface area contributed by atoms with Crippen LogP contribution in [0.4, 0.5) is 32.0 Å². The lowest BCUT2D eigenvalue weighted by atomic mass is 10.1. The lowest BCUT2D eigenvalue weighted by Crippen LogP contribution is -2.48. The van der Waals surface area contributed by atoms with Crippen LogP contribution in [-0.4, -0.2) is 71.9 Å². The number of anilines is 1. The van der Waals surface area contributed by atoms with Gasteiger partial charge in [0, 0.05) is 25.2 Å². The van der Waals surface area contributed by atoms with Gasteiger partial charge < -0.3 is 29.1 Å². The zero-order valence-electron chi connectivity index (χ0n) is 21.5. The molecule has 0 spiro atoms. The monoisotopic (exact) mass is 665 g/mol. The molecular formula is C22H21F6N3O10S2. The van der Waals surface area contributed by atoms with Crippen LogP contribution in [0.2, 0.25) is 0 Å². The first-order chi connectivity index (χ1) is 19.7. The van der Waals surface area contributed by atoms with Crippen LogP contribution in [0, 0.1) is 0 Å². The smallest absolute Gasteiger partial charge is 0.376 e. The second-order valence-corrected chi connectivity index (χ2v) is 11.2. The van der Waals surface area contributed by atoms with E-state index in [1.54, 1.807) is 0 Å². The van der Waals surface area contributed by atoms with Crippen molar-refractivity contribution >= 4 is 43.6 Å². The fourth-order valence-corrected chi connectivity index (χ4v) is 3.85. The lowest BCUT2D eigenvalue weighted by molar-refractivity contribution is -0.132. The maximum Gasteiger partial charge on any atom is 0.534 e. The second-order valence-electron chi connectivity index (χ2n) is 8.12. The Morgan fingerprint density at radius 2 is 1.33 bits per heavy atom. The molecule has 0 saturated heterocycles. The first-order valence-electron chi connectivity index (χ1n) is 11.3. The quantitative estimate of drug-likeness (QED) is 0.161. The number of hydrogen-bond donors (Lipinski definition) is 3. The van der Waals surface area contributed by atoms with Crippen molar-refractivity contribution in [2.24, 2.45) is 0 Å². The lowest BCUT2D eigenvalue weighted by Gasteiger charge is -2.18. The van der Waals surface area contributed by atoms with Crippen LogP contribution in [0.3, 0.4) is 0 Å². The highest BCUT2D eigenvalue weighted by Crippen LogP contribution is 2.29. The first kappa shape index (κ1) is 35.1. The van der Waals surface area contributed by atoms with Gasteiger partial charge in [-0.25, -0.2) is 0 Å². The van der Waals surface area contributed by atoms with Gasteiger partial charge in [0.2, 0.25) is 17.7 Å². The molecule has 1 atom stereocenters. The second kappa shape index (κ2) is 13.9. The van der Waals surface area contributed by atoms with E-state index in [1.807, 2.05) is 0 Å². The van der Waals surface area contributed by atoms with Gasteiger partial charge >= 0.3 is 31.3 Å². The van der Waals surface area contributed by atoms with E-state index in [1.165, 1.54) is 13.1 Å². The molecule has 43 heavy (non-hydrogen) atoms. The third kappa shape index (κ3) is 10.6. The number of likely N-dealkylation sites (N-methyl/N-ethyl adjacent to an activating group) is 1. The van der Waals surface area contributed by atoms with Gasteiger partial charge in [0.05, 0.1) is 0 Å². The number of amides is 3. The largest absolute Gasteiger partial charge is 0.534 e. The molecule has 238 valence electrons.